The number of ether oxygens (including phenoxy) is 2. The predicted octanol–water partition coefficient (Wildman–Crippen LogP) is 1.85. The van der Waals surface area contributed by atoms with E-state index >= 15 is 0 Å². The van der Waals surface area contributed by atoms with Crippen molar-refractivity contribution in [3.8, 4) is 5.75 Å². The van der Waals surface area contributed by atoms with Gasteiger partial charge in [-0.1, -0.05) is 0 Å². The lowest BCUT2D eigenvalue weighted by atomic mass is 10.2. The SMILES string of the molecule is CNCc1cc(F)c(OCC(O)COC(C)C)c(F)c1. The molecule has 0 fully saturated rings. The van der Waals surface area contributed by atoms with Crippen molar-refractivity contribution in [2.75, 3.05) is 20.3 Å². The molecule has 0 aliphatic heterocycles. The highest BCUT2D eigenvalue weighted by Gasteiger charge is 2.15. The molecule has 1 aromatic carbocycles. The number of aliphatic hydroxyl groups is 1. The summed E-state index contributed by atoms with van der Waals surface area (Å²) in [6.45, 7) is 3.84. The number of rotatable bonds is 8. The minimum atomic E-state index is -0.937. The summed E-state index contributed by atoms with van der Waals surface area (Å²) in [7, 11) is 1.69. The summed E-state index contributed by atoms with van der Waals surface area (Å²) in [5.74, 6) is -2.05. The lowest BCUT2D eigenvalue weighted by Crippen LogP contribution is -2.25. The van der Waals surface area contributed by atoms with Crippen molar-refractivity contribution in [2.24, 2.45) is 0 Å². The van der Waals surface area contributed by atoms with Crippen LogP contribution in [0.5, 0.6) is 5.75 Å². The molecule has 0 radical (unpaired) electrons. The van der Waals surface area contributed by atoms with Gasteiger partial charge in [0, 0.05) is 6.54 Å². The zero-order valence-corrected chi connectivity index (χ0v) is 12.0. The van der Waals surface area contributed by atoms with Crippen LogP contribution in [0.4, 0.5) is 8.78 Å². The van der Waals surface area contributed by atoms with Crippen LogP contribution in [-0.4, -0.2) is 37.6 Å². The summed E-state index contributed by atoms with van der Waals surface area (Å²) in [6, 6.07) is 2.40. The molecule has 20 heavy (non-hydrogen) atoms. The van der Waals surface area contributed by atoms with E-state index in [0.29, 0.717) is 12.1 Å². The topological polar surface area (TPSA) is 50.7 Å². The predicted molar refractivity (Wildman–Crippen MR) is 71.7 cm³/mol. The summed E-state index contributed by atoms with van der Waals surface area (Å²) >= 11 is 0. The summed E-state index contributed by atoms with van der Waals surface area (Å²) in [6.07, 6.45) is -0.966. The van der Waals surface area contributed by atoms with E-state index in [1.807, 2.05) is 13.8 Å². The molecule has 0 saturated carbocycles. The fraction of sp³-hybridized carbons (Fsp3) is 0.571. The van der Waals surface area contributed by atoms with Gasteiger partial charge in [-0.3, -0.25) is 0 Å². The van der Waals surface area contributed by atoms with Crippen LogP contribution in [0.3, 0.4) is 0 Å². The third-order valence-electron chi connectivity index (χ3n) is 2.48. The molecule has 0 aromatic heterocycles. The Labute approximate surface area is 117 Å². The van der Waals surface area contributed by atoms with E-state index in [4.69, 9.17) is 9.47 Å². The van der Waals surface area contributed by atoms with Crippen LogP contribution in [0, 0.1) is 11.6 Å². The van der Waals surface area contributed by atoms with Gasteiger partial charge in [-0.05, 0) is 38.6 Å². The Kier molecular flexibility index (Phi) is 6.84. The van der Waals surface area contributed by atoms with Gasteiger partial charge in [-0.25, -0.2) is 8.78 Å². The molecule has 1 rings (SSSR count). The lowest BCUT2D eigenvalue weighted by Gasteiger charge is -2.15. The minimum Gasteiger partial charge on any atom is -0.485 e. The highest BCUT2D eigenvalue weighted by molar-refractivity contribution is 5.31. The second-order valence-corrected chi connectivity index (χ2v) is 4.77. The second kappa shape index (κ2) is 8.14. The number of hydrogen-bond acceptors (Lipinski definition) is 4. The van der Waals surface area contributed by atoms with Gasteiger partial charge in [0.25, 0.3) is 0 Å². The highest BCUT2D eigenvalue weighted by atomic mass is 19.1. The maximum Gasteiger partial charge on any atom is 0.190 e. The van der Waals surface area contributed by atoms with E-state index in [9.17, 15) is 13.9 Å². The molecule has 0 spiro atoms. The number of hydrogen-bond donors (Lipinski definition) is 2. The van der Waals surface area contributed by atoms with Gasteiger partial charge in [0.05, 0.1) is 12.7 Å². The van der Waals surface area contributed by atoms with Crippen LogP contribution in [0.15, 0.2) is 12.1 Å². The molecule has 0 bridgehead atoms. The van der Waals surface area contributed by atoms with Crippen molar-refractivity contribution < 1.29 is 23.4 Å². The first-order valence-electron chi connectivity index (χ1n) is 6.49. The molecule has 1 unspecified atom stereocenters. The molecule has 6 heteroatoms. The first-order valence-corrected chi connectivity index (χ1v) is 6.49. The molecule has 0 saturated heterocycles. The van der Waals surface area contributed by atoms with Crippen molar-refractivity contribution in [1.82, 2.24) is 5.32 Å². The maximum atomic E-state index is 13.7. The highest BCUT2D eigenvalue weighted by Crippen LogP contribution is 2.23. The van der Waals surface area contributed by atoms with E-state index in [1.165, 1.54) is 12.1 Å². The smallest absolute Gasteiger partial charge is 0.190 e. The van der Waals surface area contributed by atoms with Crippen LogP contribution in [0.25, 0.3) is 0 Å². The van der Waals surface area contributed by atoms with Crippen LogP contribution in [-0.2, 0) is 11.3 Å². The fourth-order valence-corrected chi connectivity index (χ4v) is 1.59. The Morgan fingerprint density at radius 1 is 1.20 bits per heavy atom. The molecule has 1 atom stereocenters. The van der Waals surface area contributed by atoms with E-state index in [0.717, 1.165) is 0 Å². The average molecular weight is 289 g/mol. The van der Waals surface area contributed by atoms with E-state index in [-0.39, 0.29) is 19.3 Å². The summed E-state index contributed by atoms with van der Waals surface area (Å²) in [5, 5.41) is 12.4. The molecule has 0 aliphatic rings. The van der Waals surface area contributed by atoms with Crippen molar-refractivity contribution in [1.29, 1.82) is 0 Å². The van der Waals surface area contributed by atoms with Gasteiger partial charge in [-0.15, -0.1) is 0 Å². The molecule has 2 N–H and O–H groups in total. The number of halogens is 2. The van der Waals surface area contributed by atoms with Crippen molar-refractivity contribution in [3.63, 3.8) is 0 Å². The van der Waals surface area contributed by atoms with Crippen molar-refractivity contribution in [3.05, 3.63) is 29.3 Å². The Hall–Kier alpha value is -1.24. The third kappa shape index (κ3) is 5.40. The van der Waals surface area contributed by atoms with Crippen LogP contribution in [0.2, 0.25) is 0 Å². The molecular formula is C14H21F2NO3. The molecule has 1 aromatic rings. The van der Waals surface area contributed by atoms with Crippen molar-refractivity contribution in [2.45, 2.75) is 32.6 Å². The van der Waals surface area contributed by atoms with Crippen LogP contribution in [0.1, 0.15) is 19.4 Å². The number of aliphatic hydroxyl groups excluding tert-OH is 1. The van der Waals surface area contributed by atoms with Gasteiger partial charge < -0.3 is 19.9 Å². The lowest BCUT2D eigenvalue weighted by molar-refractivity contribution is -0.0133. The van der Waals surface area contributed by atoms with Gasteiger partial charge in [-0.2, -0.15) is 0 Å². The summed E-state index contributed by atoms with van der Waals surface area (Å²) in [4.78, 5) is 0. The van der Waals surface area contributed by atoms with Crippen LogP contribution < -0.4 is 10.1 Å². The standard InChI is InChI=1S/C14H21F2NO3/c1-9(2)19-7-11(18)8-20-14-12(15)4-10(6-17-3)5-13(14)16/h4-5,9,11,17-18H,6-8H2,1-3H3. The number of nitrogens with one attached hydrogen (secondary N) is 1. The quantitative estimate of drug-likeness (QED) is 0.767. The Morgan fingerprint density at radius 2 is 1.80 bits per heavy atom. The number of benzene rings is 1. The molecule has 4 nitrogen and oxygen atoms in total. The average Bonchev–Trinajstić information content (AvgIpc) is 2.35. The second-order valence-electron chi connectivity index (χ2n) is 4.77. The molecule has 0 heterocycles. The van der Waals surface area contributed by atoms with Gasteiger partial charge in [0.1, 0.15) is 12.7 Å². The summed E-state index contributed by atoms with van der Waals surface area (Å²) < 4.78 is 37.6. The van der Waals surface area contributed by atoms with Gasteiger partial charge in [0.2, 0.25) is 0 Å². The van der Waals surface area contributed by atoms with E-state index in [2.05, 4.69) is 5.32 Å². The van der Waals surface area contributed by atoms with Crippen LogP contribution >= 0.6 is 0 Å². The third-order valence-corrected chi connectivity index (χ3v) is 2.48. The first kappa shape index (κ1) is 16.8. The fourth-order valence-electron chi connectivity index (χ4n) is 1.59. The Morgan fingerprint density at radius 3 is 2.30 bits per heavy atom. The molecule has 0 amide bonds. The maximum absolute atomic E-state index is 13.7. The first-order chi connectivity index (χ1) is 9.43. The van der Waals surface area contributed by atoms with Crippen molar-refractivity contribution >= 4 is 0 Å². The zero-order valence-electron chi connectivity index (χ0n) is 12.0. The van der Waals surface area contributed by atoms with Gasteiger partial charge >= 0.3 is 0 Å². The summed E-state index contributed by atoms with van der Waals surface area (Å²) in [5.41, 5.74) is 0.485. The largest absolute Gasteiger partial charge is 0.485 e. The molecular weight excluding hydrogens is 268 g/mol. The zero-order chi connectivity index (χ0) is 15.1. The molecule has 0 aliphatic carbocycles. The normalized spacial score (nSPS) is 12.8. The minimum absolute atomic E-state index is 0.0288. The van der Waals surface area contributed by atoms with E-state index < -0.39 is 23.5 Å². The Balaban J connectivity index is 2.59. The Bertz CT molecular complexity index is 404. The monoisotopic (exact) mass is 289 g/mol. The molecule has 114 valence electrons. The van der Waals surface area contributed by atoms with E-state index in [1.54, 1.807) is 7.05 Å². The van der Waals surface area contributed by atoms with Gasteiger partial charge in [0.15, 0.2) is 17.4 Å².